The summed E-state index contributed by atoms with van der Waals surface area (Å²) in [7, 11) is 0. The third kappa shape index (κ3) is 6.19. The Kier molecular flexibility index (Phi) is 8.48. The van der Waals surface area contributed by atoms with Crippen LogP contribution >= 0.6 is 12.4 Å². The van der Waals surface area contributed by atoms with Crippen LogP contribution in [0.25, 0.3) is 22.6 Å². The third-order valence-electron chi connectivity index (χ3n) is 6.90. The molecule has 1 atom stereocenters. The number of anilines is 1. The number of carbonyl (C=O) groups is 1. The predicted molar refractivity (Wildman–Crippen MR) is 150 cm³/mol. The smallest absolute Gasteiger partial charge is 0.217 e. The Morgan fingerprint density at radius 1 is 1.08 bits per heavy atom. The number of nitrogen functional groups attached to an aromatic ring is 1. The largest absolute Gasteiger partial charge is 0.382 e. The fourth-order valence-electron chi connectivity index (χ4n) is 5.01. The molecule has 0 saturated heterocycles. The van der Waals surface area contributed by atoms with Crippen LogP contribution in [-0.2, 0) is 4.79 Å². The van der Waals surface area contributed by atoms with E-state index >= 15 is 0 Å². The highest BCUT2D eigenvalue weighted by Gasteiger charge is 2.28. The van der Waals surface area contributed by atoms with E-state index in [2.05, 4.69) is 16.8 Å². The summed E-state index contributed by atoms with van der Waals surface area (Å²) >= 11 is 0. The number of hydrogen-bond donors (Lipinski definition) is 3. The van der Waals surface area contributed by atoms with Crippen LogP contribution < -0.4 is 11.5 Å². The zero-order valence-electron chi connectivity index (χ0n) is 21.3. The lowest BCUT2D eigenvalue weighted by molar-refractivity contribution is -0.118. The molecular weight excluding hydrogens is 519 g/mol. The van der Waals surface area contributed by atoms with Crippen LogP contribution in [0, 0.1) is 17.7 Å². The van der Waals surface area contributed by atoms with Crippen molar-refractivity contribution in [3.63, 3.8) is 0 Å². The van der Waals surface area contributed by atoms with Crippen LogP contribution in [0.1, 0.15) is 62.4 Å². The minimum Gasteiger partial charge on any atom is -0.382 e. The maximum Gasteiger partial charge on any atom is 0.217 e. The minimum absolute atomic E-state index is 0. The molecule has 2 aromatic heterocycles. The Bertz CT molecular complexity index is 1540. The number of fused-ring (bicyclic) bond motifs is 1. The molecular formula is C29H30ClFN6O2. The fourth-order valence-corrected chi connectivity index (χ4v) is 5.01. The molecule has 2 aromatic carbocycles. The number of carbonyl (C=O) groups excluding carboxylic acids is 1. The van der Waals surface area contributed by atoms with Crippen molar-refractivity contribution in [3.8, 4) is 23.2 Å². The molecule has 5 rings (SSSR count). The average Bonchev–Trinajstić information content (AvgIpc) is 3.29. The first-order valence-electron chi connectivity index (χ1n) is 12.7. The first-order chi connectivity index (χ1) is 18.3. The number of aromatic nitrogens is 4. The zero-order chi connectivity index (χ0) is 26.7. The zero-order valence-corrected chi connectivity index (χ0v) is 22.1. The van der Waals surface area contributed by atoms with Crippen LogP contribution in [0.2, 0.25) is 0 Å². The van der Waals surface area contributed by atoms with Crippen molar-refractivity contribution in [1.29, 1.82) is 0 Å². The SMILES string of the molecule is Cl.NC(=O)CCC(c1ccccc1)n1c(-c2cccc(F)c2)nc2c(N)nc(C#CC3(O)CCCCC3)nc21. The van der Waals surface area contributed by atoms with Crippen molar-refractivity contribution < 1.29 is 14.3 Å². The lowest BCUT2D eigenvalue weighted by Gasteiger charge is -2.26. The van der Waals surface area contributed by atoms with E-state index in [1.54, 1.807) is 12.1 Å². The van der Waals surface area contributed by atoms with Gasteiger partial charge in [0.05, 0.1) is 6.04 Å². The second-order valence-electron chi connectivity index (χ2n) is 9.69. The van der Waals surface area contributed by atoms with Crippen LogP contribution in [0.4, 0.5) is 10.2 Å². The monoisotopic (exact) mass is 548 g/mol. The van der Waals surface area contributed by atoms with E-state index < -0.39 is 23.4 Å². The van der Waals surface area contributed by atoms with Crippen molar-refractivity contribution in [3.05, 3.63) is 71.8 Å². The van der Waals surface area contributed by atoms with Crippen molar-refractivity contribution >= 4 is 35.3 Å². The van der Waals surface area contributed by atoms with Crippen LogP contribution in [0.3, 0.4) is 0 Å². The molecule has 2 heterocycles. The number of rotatable bonds is 6. The second-order valence-corrected chi connectivity index (χ2v) is 9.69. The summed E-state index contributed by atoms with van der Waals surface area (Å²) in [5.74, 6) is 5.72. The lowest BCUT2D eigenvalue weighted by Crippen LogP contribution is -2.29. The predicted octanol–water partition coefficient (Wildman–Crippen LogP) is 4.54. The summed E-state index contributed by atoms with van der Waals surface area (Å²) in [6.07, 6.45) is 4.57. The molecule has 1 fully saturated rings. The first kappa shape index (κ1) is 28.0. The van der Waals surface area contributed by atoms with Crippen LogP contribution in [-0.4, -0.2) is 36.1 Å². The highest BCUT2D eigenvalue weighted by Crippen LogP contribution is 2.35. The molecule has 202 valence electrons. The number of amides is 1. The van der Waals surface area contributed by atoms with Gasteiger partial charge in [-0.1, -0.05) is 54.8 Å². The van der Waals surface area contributed by atoms with E-state index in [9.17, 15) is 14.3 Å². The van der Waals surface area contributed by atoms with E-state index in [0.29, 0.717) is 41.8 Å². The van der Waals surface area contributed by atoms with Crippen molar-refractivity contribution in [2.24, 2.45) is 5.73 Å². The molecule has 0 bridgehead atoms. The Balaban J connectivity index is 0.00000353. The number of benzene rings is 2. The third-order valence-corrected chi connectivity index (χ3v) is 6.90. The van der Waals surface area contributed by atoms with Crippen LogP contribution in [0.5, 0.6) is 0 Å². The number of nitrogens with zero attached hydrogens (tertiary/aromatic N) is 4. The number of halogens is 2. The van der Waals surface area contributed by atoms with Gasteiger partial charge in [0.1, 0.15) is 17.2 Å². The van der Waals surface area contributed by atoms with E-state index in [4.69, 9.17) is 21.4 Å². The molecule has 0 aliphatic heterocycles. The van der Waals surface area contributed by atoms with Gasteiger partial charge in [-0.25, -0.2) is 19.3 Å². The molecule has 4 aromatic rings. The van der Waals surface area contributed by atoms with Gasteiger partial charge in [0.15, 0.2) is 17.0 Å². The molecule has 0 radical (unpaired) electrons. The van der Waals surface area contributed by atoms with Gasteiger partial charge in [-0.05, 0) is 55.7 Å². The summed E-state index contributed by atoms with van der Waals surface area (Å²) < 4.78 is 16.1. The van der Waals surface area contributed by atoms with Crippen molar-refractivity contribution in [1.82, 2.24) is 19.5 Å². The normalized spacial score (nSPS) is 15.1. The molecule has 1 unspecified atom stereocenters. The minimum atomic E-state index is -1.08. The maximum absolute atomic E-state index is 14.3. The highest BCUT2D eigenvalue weighted by molar-refractivity contribution is 5.86. The molecule has 0 spiro atoms. The average molecular weight is 549 g/mol. The van der Waals surface area contributed by atoms with E-state index in [1.807, 2.05) is 34.9 Å². The molecule has 1 aliphatic carbocycles. The van der Waals surface area contributed by atoms with E-state index in [1.165, 1.54) is 12.1 Å². The Hall–Kier alpha value is -4.00. The van der Waals surface area contributed by atoms with Crippen LogP contribution in [0.15, 0.2) is 54.6 Å². The number of hydrogen-bond acceptors (Lipinski definition) is 6. The van der Waals surface area contributed by atoms with E-state index in [0.717, 1.165) is 24.8 Å². The number of nitrogens with two attached hydrogens (primary N) is 2. The van der Waals surface area contributed by atoms with Gasteiger partial charge < -0.3 is 21.1 Å². The van der Waals surface area contributed by atoms with Gasteiger partial charge in [0.2, 0.25) is 11.7 Å². The summed E-state index contributed by atoms with van der Waals surface area (Å²) in [5.41, 5.74) is 12.9. The summed E-state index contributed by atoms with van der Waals surface area (Å²) in [4.78, 5) is 25.6. The molecule has 1 aliphatic rings. The molecule has 5 N–H and O–H groups in total. The Labute approximate surface area is 232 Å². The number of aliphatic hydroxyl groups is 1. The molecule has 39 heavy (non-hydrogen) atoms. The molecule has 8 nitrogen and oxygen atoms in total. The lowest BCUT2D eigenvalue weighted by atomic mass is 9.85. The van der Waals surface area contributed by atoms with Crippen molar-refractivity contribution in [2.45, 2.75) is 56.6 Å². The second kappa shape index (κ2) is 11.8. The fraction of sp³-hybridized carbons (Fsp3) is 0.310. The molecule has 1 saturated carbocycles. The Morgan fingerprint density at radius 3 is 2.51 bits per heavy atom. The van der Waals surface area contributed by atoms with Gasteiger partial charge in [-0.3, -0.25) is 4.79 Å². The topological polar surface area (TPSA) is 133 Å². The first-order valence-corrected chi connectivity index (χ1v) is 12.7. The Morgan fingerprint density at radius 2 is 1.82 bits per heavy atom. The summed E-state index contributed by atoms with van der Waals surface area (Å²) in [6, 6.07) is 15.3. The van der Waals surface area contributed by atoms with Gasteiger partial charge >= 0.3 is 0 Å². The highest BCUT2D eigenvalue weighted by atomic mass is 35.5. The van der Waals surface area contributed by atoms with Gasteiger partial charge in [0, 0.05) is 12.0 Å². The standard InChI is InChI=1S/C29H29FN6O2.ClH/c30-21-11-7-10-20(18-21)27-35-25-26(32)33-24(14-17-29(38)15-5-2-6-16-29)34-28(25)36(27)22(12-13-23(31)37)19-8-3-1-4-9-19;/h1,3-4,7-11,18,22,38H,2,5-6,12-13,15-16H2,(H2,31,37)(H2,32,33,34);1H. The molecule has 10 heteroatoms. The molecule has 1 amide bonds. The number of imidazole rings is 1. The summed E-state index contributed by atoms with van der Waals surface area (Å²) in [6.45, 7) is 0. The maximum atomic E-state index is 14.3. The van der Waals surface area contributed by atoms with Gasteiger partial charge in [-0.2, -0.15) is 0 Å². The van der Waals surface area contributed by atoms with Gasteiger partial charge in [0.25, 0.3) is 0 Å². The van der Waals surface area contributed by atoms with Gasteiger partial charge in [-0.15, -0.1) is 12.4 Å². The van der Waals surface area contributed by atoms with E-state index in [-0.39, 0.29) is 30.5 Å². The quantitative estimate of drug-likeness (QED) is 0.303. The number of primary amides is 1. The van der Waals surface area contributed by atoms with Crippen molar-refractivity contribution in [2.75, 3.05) is 5.73 Å². The summed E-state index contributed by atoms with van der Waals surface area (Å²) in [5, 5.41) is 10.9.